The van der Waals surface area contributed by atoms with E-state index < -0.39 is 17.9 Å². The number of rotatable bonds is 7. The number of carboxylic acid groups (broad SMARTS) is 1. The van der Waals surface area contributed by atoms with Crippen LogP contribution < -0.4 is 15.7 Å². The Morgan fingerprint density at radius 3 is 2.96 bits per heavy atom. The highest BCUT2D eigenvalue weighted by atomic mass is 32.2. The maximum atomic E-state index is 12.0. The van der Waals surface area contributed by atoms with Crippen LogP contribution in [0.15, 0.2) is 23.5 Å². The molecule has 0 radical (unpaired) electrons. The van der Waals surface area contributed by atoms with Crippen LogP contribution in [0.2, 0.25) is 0 Å². The smallest absolute Gasteiger partial charge is 0.352 e. The number of aromatic nitrogens is 2. The van der Waals surface area contributed by atoms with Gasteiger partial charge in [-0.15, -0.1) is 21.1 Å². The van der Waals surface area contributed by atoms with Crippen LogP contribution in [-0.4, -0.2) is 61.9 Å². The minimum atomic E-state index is -1.17. The van der Waals surface area contributed by atoms with Gasteiger partial charge in [-0.25, -0.2) is 4.79 Å². The van der Waals surface area contributed by atoms with Crippen LogP contribution in [0.1, 0.15) is 0 Å². The van der Waals surface area contributed by atoms with E-state index in [0.717, 1.165) is 0 Å². The number of carbonyl (C=O) groups excluding carboxylic acids is 2. The first-order chi connectivity index (χ1) is 12.0. The number of aliphatic carboxylic acids is 1. The summed E-state index contributed by atoms with van der Waals surface area (Å²) in [4.78, 5) is 35.6. The third-order valence-corrected chi connectivity index (χ3v) is 5.52. The summed E-state index contributed by atoms with van der Waals surface area (Å²) < 4.78 is 3.31. The summed E-state index contributed by atoms with van der Waals surface area (Å²) >= 11 is 1.42. The standard InChI is InChI=1S/C14H17N5O5S/c15-10-12(22)19-11(14(23)24)8(6-25-13(10)19)5-17-2-1-9(16-7-21)18(17)3-4-20/h1-2,7,10,13,20H,3-6,15H2,(H,23,24)/p+1/t10-,13-/m1/s1. The second-order valence-electron chi connectivity index (χ2n) is 5.60. The van der Waals surface area contributed by atoms with Gasteiger partial charge in [-0.1, -0.05) is 0 Å². The first kappa shape index (κ1) is 17.5. The summed E-state index contributed by atoms with van der Waals surface area (Å²) in [5.74, 6) is -0.666. The second-order valence-corrected chi connectivity index (χ2v) is 6.71. The van der Waals surface area contributed by atoms with Crippen molar-refractivity contribution in [2.75, 3.05) is 17.7 Å². The quantitative estimate of drug-likeness (QED) is 0.246. The van der Waals surface area contributed by atoms with Gasteiger partial charge in [-0.05, 0) is 0 Å². The molecule has 25 heavy (non-hydrogen) atoms. The zero-order chi connectivity index (χ0) is 18.1. The topological polar surface area (TPSA) is 142 Å². The zero-order valence-corrected chi connectivity index (χ0v) is 14.0. The average Bonchev–Trinajstić information content (AvgIpc) is 2.96. The number of amides is 2. The Balaban J connectivity index is 1.94. The molecule has 2 atom stereocenters. The van der Waals surface area contributed by atoms with Crippen molar-refractivity contribution in [2.45, 2.75) is 24.5 Å². The lowest BCUT2D eigenvalue weighted by Crippen LogP contribution is -2.68. The largest absolute Gasteiger partial charge is 0.477 e. The Morgan fingerprint density at radius 1 is 1.56 bits per heavy atom. The van der Waals surface area contributed by atoms with Crippen LogP contribution in [0, 0.1) is 0 Å². The van der Waals surface area contributed by atoms with Gasteiger partial charge in [0.25, 0.3) is 0 Å². The SMILES string of the molecule is N[C@@H]1C(=O)N2C(C(=O)O)=C(C[n+]3ccc(NC=O)n3CCO)CS[C@H]12. The first-order valence-electron chi connectivity index (χ1n) is 7.55. The number of anilines is 1. The van der Waals surface area contributed by atoms with Gasteiger partial charge in [0.15, 0.2) is 18.6 Å². The third-order valence-electron chi connectivity index (χ3n) is 4.16. The lowest BCUT2D eigenvalue weighted by atomic mass is 10.0. The molecule has 10 nitrogen and oxygen atoms in total. The number of aliphatic hydroxyl groups excluding tert-OH is 1. The summed E-state index contributed by atoms with van der Waals surface area (Å²) in [5.41, 5.74) is 6.26. The Kier molecular flexibility index (Phi) is 4.79. The highest BCUT2D eigenvalue weighted by molar-refractivity contribution is 8.00. The van der Waals surface area contributed by atoms with Crippen LogP contribution in [0.5, 0.6) is 0 Å². The molecule has 5 N–H and O–H groups in total. The number of carboxylic acids is 1. The monoisotopic (exact) mass is 368 g/mol. The molecule has 1 saturated heterocycles. The van der Waals surface area contributed by atoms with Crippen LogP contribution in [0.25, 0.3) is 0 Å². The molecule has 2 aliphatic heterocycles. The van der Waals surface area contributed by atoms with Crippen LogP contribution in [0.3, 0.4) is 0 Å². The molecular weight excluding hydrogens is 350 g/mol. The van der Waals surface area contributed by atoms with Crippen molar-refractivity contribution in [3.8, 4) is 0 Å². The van der Waals surface area contributed by atoms with Gasteiger partial charge in [0.1, 0.15) is 23.7 Å². The molecule has 0 aromatic carbocycles. The number of fused-ring (bicyclic) bond motifs is 1. The van der Waals surface area contributed by atoms with E-state index in [1.165, 1.54) is 16.7 Å². The van der Waals surface area contributed by atoms with E-state index >= 15 is 0 Å². The Bertz CT molecular complexity index is 761. The van der Waals surface area contributed by atoms with E-state index in [4.69, 9.17) is 5.73 Å². The molecule has 11 heteroatoms. The molecule has 0 bridgehead atoms. The number of β-lactam (4-membered cyclic amide) rings is 1. The van der Waals surface area contributed by atoms with Crippen LogP contribution in [-0.2, 0) is 27.5 Å². The van der Waals surface area contributed by atoms with Gasteiger partial charge >= 0.3 is 5.97 Å². The number of carbonyl (C=O) groups is 3. The third kappa shape index (κ3) is 2.90. The normalized spacial score (nSPS) is 22.5. The number of thioether (sulfide) groups is 1. The minimum absolute atomic E-state index is 0.0374. The molecule has 2 amide bonds. The maximum absolute atomic E-state index is 12.0. The Morgan fingerprint density at radius 2 is 2.32 bits per heavy atom. The highest BCUT2D eigenvalue weighted by Gasteiger charge is 2.52. The van der Waals surface area contributed by atoms with E-state index in [1.54, 1.807) is 21.6 Å². The fraction of sp³-hybridized carbons (Fsp3) is 0.429. The highest BCUT2D eigenvalue weighted by Crippen LogP contribution is 2.39. The molecule has 2 aliphatic rings. The number of aliphatic hydroxyl groups is 1. The lowest BCUT2D eigenvalue weighted by Gasteiger charge is -2.47. The fourth-order valence-corrected chi connectivity index (χ4v) is 4.31. The van der Waals surface area contributed by atoms with Crippen molar-refractivity contribution in [1.82, 2.24) is 9.58 Å². The van der Waals surface area contributed by atoms with Gasteiger partial charge in [0.05, 0.1) is 12.7 Å². The van der Waals surface area contributed by atoms with Crippen molar-refractivity contribution in [3.05, 3.63) is 23.5 Å². The average molecular weight is 368 g/mol. The molecule has 0 saturated carbocycles. The Labute approximate surface area is 146 Å². The van der Waals surface area contributed by atoms with Crippen molar-refractivity contribution >= 4 is 35.9 Å². The van der Waals surface area contributed by atoms with Gasteiger partial charge in [0.2, 0.25) is 12.3 Å². The lowest BCUT2D eigenvalue weighted by molar-refractivity contribution is -0.767. The summed E-state index contributed by atoms with van der Waals surface area (Å²) in [6.07, 6.45) is 2.20. The second kappa shape index (κ2) is 6.86. The van der Waals surface area contributed by atoms with Gasteiger partial charge in [-0.2, -0.15) is 0 Å². The predicted octanol–water partition coefficient (Wildman–Crippen LogP) is -2.08. The van der Waals surface area contributed by atoms with E-state index in [9.17, 15) is 24.6 Å². The number of nitrogens with two attached hydrogens (primary N) is 1. The van der Waals surface area contributed by atoms with Crippen molar-refractivity contribution in [1.29, 1.82) is 0 Å². The molecule has 1 aromatic heterocycles. The van der Waals surface area contributed by atoms with Gasteiger partial charge < -0.3 is 21.3 Å². The molecule has 1 aromatic rings. The number of hydrogen-bond acceptors (Lipinski definition) is 6. The first-order valence-corrected chi connectivity index (χ1v) is 8.60. The van der Waals surface area contributed by atoms with Crippen LogP contribution in [0.4, 0.5) is 5.82 Å². The Hall–Kier alpha value is -2.37. The summed E-state index contributed by atoms with van der Waals surface area (Å²) in [7, 11) is 0. The van der Waals surface area contributed by atoms with E-state index in [-0.39, 0.29) is 30.8 Å². The number of nitrogens with one attached hydrogen (secondary N) is 1. The van der Waals surface area contributed by atoms with Crippen molar-refractivity contribution < 1.29 is 29.3 Å². The molecule has 134 valence electrons. The molecule has 3 heterocycles. The zero-order valence-electron chi connectivity index (χ0n) is 13.2. The minimum Gasteiger partial charge on any atom is -0.477 e. The predicted molar refractivity (Wildman–Crippen MR) is 87.1 cm³/mol. The van der Waals surface area contributed by atoms with Crippen molar-refractivity contribution in [3.63, 3.8) is 0 Å². The fourth-order valence-electron chi connectivity index (χ4n) is 3.02. The van der Waals surface area contributed by atoms with Crippen molar-refractivity contribution in [2.24, 2.45) is 5.73 Å². The molecule has 3 rings (SSSR count). The van der Waals surface area contributed by atoms with E-state index in [2.05, 4.69) is 5.32 Å². The summed E-state index contributed by atoms with van der Waals surface area (Å²) in [6, 6.07) is 0.976. The maximum Gasteiger partial charge on any atom is 0.352 e. The summed E-state index contributed by atoms with van der Waals surface area (Å²) in [5, 5.41) is 21.0. The van der Waals surface area contributed by atoms with E-state index in [1.807, 2.05) is 0 Å². The molecule has 1 fully saturated rings. The van der Waals surface area contributed by atoms with E-state index in [0.29, 0.717) is 23.6 Å². The molecule has 0 aliphatic carbocycles. The molecular formula is C14H18N5O5S+. The molecule has 0 unspecified atom stereocenters. The van der Waals surface area contributed by atoms with Gasteiger partial charge in [-0.3, -0.25) is 14.5 Å². The van der Waals surface area contributed by atoms with Crippen LogP contribution >= 0.6 is 11.8 Å². The molecule has 0 spiro atoms. The number of nitrogens with zero attached hydrogens (tertiary/aromatic N) is 3. The summed E-state index contributed by atoms with van der Waals surface area (Å²) in [6.45, 7) is 0.284. The van der Waals surface area contributed by atoms with Gasteiger partial charge in [0, 0.05) is 11.3 Å². The number of hydrogen-bond donors (Lipinski definition) is 4.